The van der Waals surface area contributed by atoms with Crippen LogP contribution in [0.25, 0.3) is 0 Å². The maximum atomic E-state index is 11.7. The zero-order valence-electron chi connectivity index (χ0n) is 9.45. The topological polar surface area (TPSA) is 60.4 Å². The summed E-state index contributed by atoms with van der Waals surface area (Å²) < 4.78 is 28.0. The van der Waals surface area contributed by atoms with Gasteiger partial charge in [-0.25, -0.2) is 8.42 Å². The predicted octanol–water partition coefficient (Wildman–Crippen LogP) is 1.15. The van der Waals surface area contributed by atoms with E-state index in [0.29, 0.717) is 0 Å². The number of hydrogen-bond acceptors (Lipinski definition) is 4. The van der Waals surface area contributed by atoms with E-state index in [1.54, 1.807) is 13.8 Å². The summed E-state index contributed by atoms with van der Waals surface area (Å²) in [6.45, 7) is 3.34. The normalized spacial score (nSPS) is 18.9. The van der Waals surface area contributed by atoms with E-state index in [1.807, 2.05) is 0 Å². The molecule has 5 heteroatoms. The van der Waals surface area contributed by atoms with Crippen LogP contribution >= 0.6 is 0 Å². The van der Waals surface area contributed by atoms with Gasteiger partial charge >= 0.3 is 5.97 Å². The molecule has 0 aromatic heterocycles. The maximum absolute atomic E-state index is 11.7. The Bertz CT molecular complexity index is 338. The Morgan fingerprint density at radius 2 is 1.93 bits per heavy atom. The molecule has 1 rings (SSSR count). The van der Waals surface area contributed by atoms with Crippen LogP contribution in [0, 0.1) is 5.41 Å². The molecular weight excluding hydrogens is 216 g/mol. The van der Waals surface area contributed by atoms with Crippen LogP contribution < -0.4 is 0 Å². The molecule has 4 nitrogen and oxygen atoms in total. The zero-order valence-corrected chi connectivity index (χ0v) is 10.3. The Kier molecular flexibility index (Phi) is 3.43. The van der Waals surface area contributed by atoms with Gasteiger partial charge in [0.25, 0.3) is 0 Å². The molecular formula is C10H18O4S. The molecule has 0 heterocycles. The first-order valence-corrected chi connectivity index (χ1v) is 6.81. The molecule has 0 aromatic carbocycles. The Morgan fingerprint density at radius 3 is 2.27 bits per heavy atom. The molecule has 0 aliphatic heterocycles. The minimum absolute atomic E-state index is 0.118. The van der Waals surface area contributed by atoms with E-state index < -0.39 is 9.84 Å². The second kappa shape index (κ2) is 4.12. The molecule has 0 spiro atoms. The number of sulfone groups is 1. The SMILES string of the molecule is COC(=O)CC1(CS(=O)(=O)C(C)C)CC1. The summed E-state index contributed by atoms with van der Waals surface area (Å²) in [5.41, 5.74) is -0.323. The number of rotatable bonds is 5. The van der Waals surface area contributed by atoms with Gasteiger partial charge in [0.15, 0.2) is 9.84 Å². The lowest BCUT2D eigenvalue weighted by Gasteiger charge is -2.15. The van der Waals surface area contributed by atoms with E-state index in [2.05, 4.69) is 4.74 Å². The van der Waals surface area contributed by atoms with Crippen molar-refractivity contribution in [1.29, 1.82) is 0 Å². The van der Waals surface area contributed by atoms with Gasteiger partial charge in [0.05, 0.1) is 24.5 Å². The highest BCUT2D eigenvalue weighted by Gasteiger charge is 2.48. The summed E-state index contributed by atoms with van der Waals surface area (Å²) in [6, 6.07) is 0. The van der Waals surface area contributed by atoms with E-state index in [1.165, 1.54) is 7.11 Å². The zero-order chi connectivity index (χ0) is 11.7. The van der Waals surface area contributed by atoms with Crippen molar-refractivity contribution < 1.29 is 17.9 Å². The van der Waals surface area contributed by atoms with Crippen LogP contribution in [0.1, 0.15) is 33.1 Å². The lowest BCUT2D eigenvalue weighted by atomic mass is 10.1. The number of ether oxygens (including phenoxy) is 1. The van der Waals surface area contributed by atoms with Gasteiger partial charge in [0.2, 0.25) is 0 Å². The van der Waals surface area contributed by atoms with Gasteiger partial charge in [0.1, 0.15) is 0 Å². The van der Waals surface area contributed by atoms with Crippen molar-refractivity contribution in [3.63, 3.8) is 0 Å². The molecule has 0 radical (unpaired) electrons. The van der Waals surface area contributed by atoms with Crippen molar-refractivity contribution in [3.05, 3.63) is 0 Å². The summed E-state index contributed by atoms with van der Waals surface area (Å²) >= 11 is 0. The number of carbonyl (C=O) groups excluding carboxylic acids is 1. The first kappa shape index (κ1) is 12.5. The lowest BCUT2D eigenvalue weighted by Crippen LogP contribution is -2.26. The Balaban J connectivity index is 2.62. The predicted molar refractivity (Wildman–Crippen MR) is 57.2 cm³/mol. The van der Waals surface area contributed by atoms with Crippen molar-refractivity contribution in [1.82, 2.24) is 0 Å². The van der Waals surface area contributed by atoms with E-state index in [0.717, 1.165) is 12.8 Å². The number of esters is 1. The Morgan fingerprint density at radius 1 is 1.40 bits per heavy atom. The molecule has 0 saturated heterocycles. The molecule has 15 heavy (non-hydrogen) atoms. The van der Waals surface area contributed by atoms with Crippen LogP contribution in [-0.4, -0.2) is 32.5 Å². The fourth-order valence-electron chi connectivity index (χ4n) is 1.52. The Hall–Kier alpha value is -0.580. The molecule has 1 aliphatic carbocycles. The van der Waals surface area contributed by atoms with Gasteiger partial charge in [-0.15, -0.1) is 0 Å². The van der Waals surface area contributed by atoms with Gasteiger partial charge in [0, 0.05) is 0 Å². The number of methoxy groups -OCH3 is 1. The highest BCUT2D eigenvalue weighted by molar-refractivity contribution is 7.92. The molecule has 0 aromatic rings. The third-order valence-electron chi connectivity index (χ3n) is 2.93. The van der Waals surface area contributed by atoms with E-state index in [4.69, 9.17) is 0 Å². The highest BCUT2D eigenvalue weighted by Crippen LogP contribution is 2.50. The lowest BCUT2D eigenvalue weighted by molar-refractivity contribution is -0.141. The second-order valence-corrected chi connectivity index (χ2v) is 7.17. The molecule has 0 amide bonds. The molecule has 1 fully saturated rings. The van der Waals surface area contributed by atoms with Gasteiger partial charge < -0.3 is 4.74 Å². The van der Waals surface area contributed by atoms with Gasteiger partial charge in [-0.2, -0.15) is 0 Å². The summed E-state index contributed by atoms with van der Waals surface area (Å²) in [5.74, 6) is -0.196. The quantitative estimate of drug-likeness (QED) is 0.670. The largest absolute Gasteiger partial charge is 0.469 e. The average Bonchev–Trinajstić information content (AvgIpc) is 2.83. The van der Waals surface area contributed by atoms with Crippen LogP contribution in [0.3, 0.4) is 0 Å². The van der Waals surface area contributed by atoms with Gasteiger partial charge in [-0.3, -0.25) is 4.79 Å². The molecule has 1 aliphatic rings. The minimum Gasteiger partial charge on any atom is -0.469 e. The number of hydrogen-bond donors (Lipinski definition) is 0. The maximum Gasteiger partial charge on any atom is 0.306 e. The van der Waals surface area contributed by atoms with E-state index in [-0.39, 0.29) is 28.8 Å². The van der Waals surface area contributed by atoms with Crippen LogP contribution in [0.2, 0.25) is 0 Å². The van der Waals surface area contributed by atoms with Crippen molar-refractivity contribution in [2.75, 3.05) is 12.9 Å². The molecule has 88 valence electrons. The smallest absolute Gasteiger partial charge is 0.306 e. The van der Waals surface area contributed by atoms with Crippen molar-refractivity contribution in [2.45, 2.75) is 38.4 Å². The first-order chi connectivity index (χ1) is 6.81. The van der Waals surface area contributed by atoms with Crippen molar-refractivity contribution in [2.24, 2.45) is 5.41 Å². The van der Waals surface area contributed by atoms with Gasteiger partial charge in [-0.05, 0) is 32.1 Å². The van der Waals surface area contributed by atoms with E-state index >= 15 is 0 Å². The van der Waals surface area contributed by atoms with Gasteiger partial charge in [-0.1, -0.05) is 0 Å². The van der Waals surface area contributed by atoms with Crippen LogP contribution in [0.4, 0.5) is 0 Å². The molecule has 0 atom stereocenters. The monoisotopic (exact) mass is 234 g/mol. The van der Waals surface area contributed by atoms with Crippen molar-refractivity contribution in [3.8, 4) is 0 Å². The third-order valence-corrected chi connectivity index (χ3v) is 5.38. The first-order valence-electron chi connectivity index (χ1n) is 5.10. The van der Waals surface area contributed by atoms with Crippen LogP contribution in [-0.2, 0) is 19.4 Å². The van der Waals surface area contributed by atoms with Crippen molar-refractivity contribution >= 4 is 15.8 Å². The minimum atomic E-state index is -3.06. The Labute approximate surface area is 90.9 Å². The van der Waals surface area contributed by atoms with E-state index in [9.17, 15) is 13.2 Å². The van der Waals surface area contributed by atoms with Crippen LogP contribution in [0.15, 0.2) is 0 Å². The summed E-state index contributed by atoms with van der Waals surface area (Å²) in [6.07, 6.45) is 1.86. The molecule has 1 saturated carbocycles. The average molecular weight is 234 g/mol. The fraction of sp³-hybridized carbons (Fsp3) is 0.900. The molecule has 0 bridgehead atoms. The second-order valence-electron chi connectivity index (χ2n) is 4.61. The standard InChI is InChI=1S/C10H18O4S/c1-8(2)15(12,13)7-10(4-5-10)6-9(11)14-3/h8H,4-7H2,1-3H3. The molecule has 0 unspecified atom stereocenters. The third kappa shape index (κ3) is 3.19. The highest BCUT2D eigenvalue weighted by atomic mass is 32.2. The summed E-state index contributed by atoms with van der Waals surface area (Å²) in [4.78, 5) is 11.1. The summed E-state index contributed by atoms with van der Waals surface area (Å²) in [5, 5.41) is -0.368. The fourth-order valence-corrected chi connectivity index (χ4v) is 3.10. The summed E-state index contributed by atoms with van der Waals surface area (Å²) in [7, 11) is -1.73. The number of carbonyl (C=O) groups is 1. The molecule has 0 N–H and O–H groups in total. The van der Waals surface area contributed by atoms with Crippen LogP contribution in [0.5, 0.6) is 0 Å².